The Labute approximate surface area is 94.1 Å². The lowest BCUT2D eigenvalue weighted by Crippen LogP contribution is -2.28. The van der Waals surface area contributed by atoms with E-state index in [0.717, 1.165) is 6.54 Å². The molecule has 2 N–H and O–H groups in total. The minimum absolute atomic E-state index is 0.123. The molecule has 0 aromatic heterocycles. The summed E-state index contributed by atoms with van der Waals surface area (Å²) in [4.78, 5) is 13.6. The number of hydrogen-bond acceptors (Lipinski definition) is 3. The summed E-state index contributed by atoms with van der Waals surface area (Å²) in [7, 11) is 1.75. The van der Waals surface area contributed by atoms with Gasteiger partial charge in [-0.05, 0) is 37.0 Å². The van der Waals surface area contributed by atoms with E-state index in [0.29, 0.717) is 11.5 Å². The van der Waals surface area contributed by atoms with Crippen LogP contribution >= 0.6 is 0 Å². The fourth-order valence-electron chi connectivity index (χ4n) is 1.65. The zero-order valence-corrected chi connectivity index (χ0v) is 9.18. The molecule has 86 valence electrons. The highest BCUT2D eigenvalue weighted by Crippen LogP contribution is 2.30. The molecular formula is C12H15NO3. The number of phenols is 2. The van der Waals surface area contributed by atoms with Gasteiger partial charge in [-0.3, -0.25) is 4.79 Å². The maximum absolute atomic E-state index is 11.9. The third-order valence-corrected chi connectivity index (χ3v) is 2.80. The number of benzene rings is 1. The molecule has 2 rings (SSSR count). The summed E-state index contributed by atoms with van der Waals surface area (Å²) in [6.07, 6.45) is 2.39. The summed E-state index contributed by atoms with van der Waals surface area (Å²) < 4.78 is 0. The van der Waals surface area contributed by atoms with Crippen molar-refractivity contribution in [3.63, 3.8) is 0 Å². The molecule has 0 spiro atoms. The van der Waals surface area contributed by atoms with Gasteiger partial charge in [-0.2, -0.15) is 0 Å². The van der Waals surface area contributed by atoms with Gasteiger partial charge in [-0.1, -0.05) is 0 Å². The van der Waals surface area contributed by atoms with Crippen LogP contribution < -0.4 is 0 Å². The van der Waals surface area contributed by atoms with E-state index in [1.165, 1.54) is 31.0 Å². The van der Waals surface area contributed by atoms with Gasteiger partial charge in [0.05, 0.1) is 0 Å². The molecule has 4 heteroatoms. The van der Waals surface area contributed by atoms with Crippen molar-refractivity contribution in [2.45, 2.75) is 12.8 Å². The zero-order valence-electron chi connectivity index (χ0n) is 9.18. The van der Waals surface area contributed by atoms with Crippen LogP contribution in [0.5, 0.6) is 11.5 Å². The van der Waals surface area contributed by atoms with E-state index in [-0.39, 0.29) is 17.4 Å². The first kappa shape index (κ1) is 10.8. The van der Waals surface area contributed by atoms with Crippen LogP contribution in [0.1, 0.15) is 23.2 Å². The van der Waals surface area contributed by atoms with Crippen LogP contribution in [0.2, 0.25) is 0 Å². The van der Waals surface area contributed by atoms with Gasteiger partial charge in [0.15, 0.2) is 11.5 Å². The second-order valence-electron chi connectivity index (χ2n) is 4.33. The molecule has 1 amide bonds. The van der Waals surface area contributed by atoms with Crippen molar-refractivity contribution >= 4 is 5.91 Å². The molecule has 16 heavy (non-hydrogen) atoms. The molecule has 1 aliphatic rings. The molecule has 0 bridgehead atoms. The summed E-state index contributed by atoms with van der Waals surface area (Å²) in [6, 6.07) is 4.13. The van der Waals surface area contributed by atoms with E-state index in [9.17, 15) is 9.90 Å². The fourth-order valence-corrected chi connectivity index (χ4v) is 1.65. The number of nitrogens with zero attached hydrogens (tertiary/aromatic N) is 1. The molecule has 0 aliphatic heterocycles. The van der Waals surface area contributed by atoms with E-state index in [2.05, 4.69) is 0 Å². The van der Waals surface area contributed by atoms with Crippen LogP contribution in [0.25, 0.3) is 0 Å². The summed E-state index contributed by atoms with van der Waals surface area (Å²) in [5.74, 6) is 0.0499. The van der Waals surface area contributed by atoms with E-state index < -0.39 is 0 Å². The maximum Gasteiger partial charge on any atom is 0.253 e. The molecule has 0 heterocycles. The Morgan fingerprint density at radius 3 is 2.62 bits per heavy atom. The molecular weight excluding hydrogens is 206 g/mol. The van der Waals surface area contributed by atoms with Gasteiger partial charge in [0.2, 0.25) is 0 Å². The molecule has 4 nitrogen and oxygen atoms in total. The Hall–Kier alpha value is -1.71. The predicted octanol–water partition coefficient (Wildman–Crippen LogP) is 1.58. The molecule has 1 aromatic rings. The largest absolute Gasteiger partial charge is 0.504 e. The number of carbonyl (C=O) groups is 1. The van der Waals surface area contributed by atoms with Crippen molar-refractivity contribution in [1.29, 1.82) is 0 Å². The standard InChI is InChI=1S/C12H15NO3/c1-13(7-8-2-3-8)12(16)9-4-5-10(14)11(15)6-9/h4-6,8,14-15H,2-3,7H2,1H3. The number of hydrogen-bond donors (Lipinski definition) is 2. The lowest BCUT2D eigenvalue weighted by atomic mass is 10.1. The highest BCUT2D eigenvalue weighted by Gasteiger charge is 2.25. The number of rotatable bonds is 3. The van der Waals surface area contributed by atoms with Gasteiger partial charge in [-0.15, -0.1) is 0 Å². The fraction of sp³-hybridized carbons (Fsp3) is 0.417. The normalized spacial score (nSPS) is 14.8. The number of aromatic hydroxyl groups is 2. The average molecular weight is 221 g/mol. The Bertz CT molecular complexity index is 413. The minimum Gasteiger partial charge on any atom is -0.504 e. The molecule has 1 fully saturated rings. The van der Waals surface area contributed by atoms with E-state index >= 15 is 0 Å². The Balaban J connectivity index is 2.09. The Kier molecular flexibility index (Phi) is 2.73. The smallest absolute Gasteiger partial charge is 0.253 e. The topological polar surface area (TPSA) is 60.8 Å². The quantitative estimate of drug-likeness (QED) is 0.762. The van der Waals surface area contributed by atoms with Gasteiger partial charge in [0, 0.05) is 19.2 Å². The highest BCUT2D eigenvalue weighted by atomic mass is 16.3. The molecule has 1 aromatic carbocycles. The van der Waals surface area contributed by atoms with Crippen molar-refractivity contribution < 1.29 is 15.0 Å². The van der Waals surface area contributed by atoms with Gasteiger partial charge < -0.3 is 15.1 Å². The molecule has 1 aliphatic carbocycles. The van der Waals surface area contributed by atoms with Gasteiger partial charge in [0.1, 0.15) is 0 Å². The van der Waals surface area contributed by atoms with Crippen LogP contribution in [0.15, 0.2) is 18.2 Å². The lowest BCUT2D eigenvalue weighted by molar-refractivity contribution is 0.0788. The highest BCUT2D eigenvalue weighted by molar-refractivity contribution is 5.94. The first-order valence-corrected chi connectivity index (χ1v) is 5.35. The average Bonchev–Trinajstić information content (AvgIpc) is 3.05. The predicted molar refractivity (Wildman–Crippen MR) is 59.5 cm³/mol. The molecule has 0 unspecified atom stereocenters. The number of carbonyl (C=O) groups excluding carboxylic acids is 1. The molecule has 0 radical (unpaired) electrons. The van der Waals surface area contributed by atoms with E-state index in [4.69, 9.17) is 5.11 Å². The van der Waals surface area contributed by atoms with Gasteiger partial charge >= 0.3 is 0 Å². The van der Waals surface area contributed by atoms with Crippen LogP contribution in [0.4, 0.5) is 0 Å². The maximum atomic E-state index is 11.9. The van der Waals surface area contributed by atoms with Crippen molar-refractivity contribution in [1.82, 2.24) is 4.90 Å². The van der Waals surface area contributed by atoms with Crippen LogP contribution in [0.3, 0.4) is 0 Å². The van der Waals surface area contributed by atoms with Crippen LogP contribution in [-0.2, 0) is 0 Å². The van der Waals surface area contributed by atoms with Gasteiger partial charge in [0.25, 0.3) is 5.91 Å². The van der Waals surface area contributed by atoms with Crippen LogP contribution in [-0.4, -0.2) is 34.6 Å². The summed E-state index contributed by atoms with van der Waals surface area (Å²) >= 11 is 0. The monoisotopic (exact) mass is 221 g/mol. The minimum atomic E-state index is -0.259. The van der Waals surface area contributed by atoms with Crippen molar-refractivity contribution in [2.24, 2.45) is 5.92 Å². The second-order valence-corrected chi connectivity index (χ2v) is 4.33. The van der Waals surface area contributed by atoms with E-state index in [1.807, 2.05) is 0 Å². The lowest BCUT2D eigenvalue weighted by Gasteiger charge is -2.16. The molecule has 0 saturated heterocycles. The number of phenolic OH excluding ortho intramolecular Hbond substituents is 2. The first-order chi connectivity index (χ1) is 7.58. The SMILES string of the molecule is CN(CC1CC1)C(=O)c1ccc(O)c(O)c1. The second kappa shape index (κ2) is 4.04. The van der Waals surface area contributed by atoms with Gasteiger partial charge in [-0.25, -0.2) is 0 Å². The first-order valence-electron chi connectivity index (χ1n) is 5.35. The van der Waals surface area contributed by atoms with Crippen LogP contribution in [0, 0.1) is 5.92 Å². The van der Waals surface area contributed by atoms with Crippen molar-refractivity contribution in [3.05, 3.63) is 23.8 Å². The third-order valence-electron chi connectivity index (χ3n) is 2.80. The molecule has 0 atom stereocenters. The summed E-state index contributed by atoms with van der Waals surface area (Å²) in [5, 5.41) is 18.4. The Morgan fingerprint density at radius 1 is 1.38 bits per heavy atom. The third kappa shape index (κ3) is 2.27. The molecule has 1 saturated carbocycles. The summed E-state index contributed by atoms with van der Waals surface area (Å²) in [5.41, 5.74) is 0.401. The van der Waals surface area contributed by atoms with E-state index in [1.54, 1.807) is 11.9 Å². The number of amides is 1. The van der Waals surface area contributed by atoms with Crippen molar-refractivity contribution in [2.75, 3.05) is 13.6 Å². The zero-order chi connectivity index (χ0) is 11.7. The van der Waals surface area contributed by atoms with Crippen molar-refractivity contribution in [3.8, 4) is 11.5 Å². The summed E-state index contributed by atoms with van der Waals surface area (Å²) in [6.45, 7) is 0.764. The Morgan fingerprint density at radius 2 is 2.06 bits per heavy atom.